The predicted octanol–water partition coefficient (Wildman–Crippen LogP) is 3.11. The van der Waals surface area contributed by atoms with Gasteiger partial charge in [0.1, 0.15) is 5.84 Å². The number of hydrogen-bond acceptors (Lipinski definition) is 2. The van der Waals surface area contributed by atoms with Crippen molar-refractivity contribution in [2.75, 3.05) is 19.6 Å². The Kier molecular flexibility index (Phi) is 4.18. The first-order valence-corrected chi connectivity index (χ1v) is 6.74. The first-order valence-electron chi connectivity index (χ1n) is 6.74. The van der Waals surface area contributed by atoms with Crippen molar-refractivity contribution in [3.05, 3.63) is 35.4 Å². The summed E-state index contributed by atoms with van der Waals surface area (Å²) in [4.78, 5) is 7.19. The summed E-state index contributed by atoms with van der Waals surface area (Å²) < 4.78 is 0. The molecule has 0 N–H and O–H groups in total. The van der Waals surface area contributed by atoms with Gasteiger partial charge in [0.15, 0.2) is 0 Å². The molecule has 0 atom stereocenters. The first-order chi connectivity index (χ1) is 8.36. The zero-order valence-corrected chi connectivity index (χ0v) is 10.9. The van der Waals surface area contributed by atoms with E-state index in [2.05, 4.69) is 43.0 Å². The van der Waals surface area contributed by atoms with Crippen LogP contribution in [0.5, 0.6) is 0 Å². The quantitative estimate of drug-likeness (QED) is 0.776. The van der Waals surface area contributed by atoms with Gasteiger partial charge in [-0.15, -0.1) is 0 Å². The van der Waals surface area contributed by atoms with E-state index in [4.69, 9.17) is 4.99 Å². The van der Waals surface area contributed by atoms with E-state index in [0.717, 1.165) is 26.1 Å². The van der Waals surface area contributed by atoms with E-state index < -0.39 is 0 Å². The highest BCUT2D eigenvalue weighted by atomic mass is 15.2. The van der Waals surface area contributed by atoms with Crippen LogP contribution < -0.4 is 0 Å². The van der Waals surface area contributed by atoms with Gasteiger partial charge in [0.2, 0.25) is 0 Å². The monoisotopic (exact) mass is 230 g/mol. The minimum atomic E-state index is 0.941. The minimum Gasteiger partial charge on any atom is -0.356 e. The first kappa shape index (κ1) is 12.2. The van der Waals surface area contributed by atoms with Crippen LogP contribution in [-0.4, -0.2) is 30.4 Å². The van der Waals surface area contributed by atoms with E-state index >= 15 is 0 Å². The smallest absolute Gasteiger partial charge is 0.131 e. The number of nitrogens with zero attached hydrogens (tertiary/aromatic N) is 2. The topological polar surface area (TPSA) is 15.6 Å². The van der Waals surface area contributed by atoms with Crippen molar-refractivity contribution in [2.24, 2.45) is 4.99 Å². The molecule has 1 aromatic rings. The third kappa shape index (κ3) is 2.68. The highest BCUT2D eigenvalue weighted by Crippen LogP contribution is 2.18. The molecule has 0 saturated heterocycles. The van der Waals surface area contributed by atoms with E-state index in [0.29, 0.717) is 0 Å². The lowest BCUT2D eigenvalue weighted by Gasteiger charge is -2.29. The molecule has 1 aliphatic heterocycles. The second-order valence-corrected chi connectivity index (χ2v) is 4.60. The molecule has 0 saturated carbocycles. The lowest BCUT2D eigenvalue weighted by Crippen LogP contribution is -2.35. The molecular formula is C15H22N2. The van der Waals surface area contributed by atoms with Crippen LogP contribution in [0.25, 0.3) is 0 Å². The standard InChI is InChI=1S/C15H22N2/c1-3-11-17(12-4-2)15-14-8-6-5-7-13(14)9-10-16-15/h5-8H,3-4,9-12H2,1-2H3. The van der Waals surface area contributed by atoms with Crippen molar-refractivity contribution in [1.29, 1.82) is 0 Å². The Labute approximate surface area is 104 Å². The molecule has 0 bridgehead atoms. The lowest BCUT2D eigenvalue weighted by molar-refractivity contribution is 0.414. The van der Waals surface area contributed by atoms with Crippen molar-refractivity contribution >= 4 is 5.84 Å². The summed E-state index contributed by atoms with van der Waals surface area (Å²) in [6, 6.07) is 8.70. The summed E-state index contributed by atoms with van der Waals surface area (Å²) in [5.74, 6) is 1.22. The van der Waals surface area contributed by atoms with Gasteiger partial charge >= 0.3 is 0 Å². The molecule has 1 heterocycles. The average Bonchev–Trinajstić information content (AvgIpc) is 2.38. The maximum atomic E-state index is 4.75. The summed E-state index contributed by atoms with van der Waals surface area (Å²) in [5, 5.41) is 0. The van der Waals surface area contributed by atoms with Crippen molar-refractivity contribution in [3.8, 4) is 0 Å². The van der Waals surface area contributed by atoms with E-state index in [1.807, 2.05) is 0 Å². The number of amidine groups is 1. The van der Waals surface area contributed by atoms with Gasteiger partial charge in [0.25, 0.3) is 0 Å². The fourth-order valence-corrected chi connectivity index (χ4v) is 2.46. The Balaban J connectivity index is 2.27. The molecular weight excluding hydrogens is 208 g/mol. The van der Waals surface area contributed by atoms with Gasteiger partial charge < -0.3 is 4.90 Å². The number of aliphatic imine (C=N–C) groups is 1. The molecule has 0 amide bonds. The second-order valence-electron chi connectivity index (χ2n) is 4.60. The summed E-state index contributed by atoms with van der Waals surface area (Å²) in [6.45, 7) is 7.63. The molecule has 92 valence electrons. The zero-order chi connectivity index (χ0) is 12.1. The van der Waals surface area contributed by atoms with E-state index in [-0.39, 0.29) is 0 Å². The van der Waals surface area contributed by atoms with Crippen molar-refractivity contribution in [2.45, 2.75) is 33.1 Å². The fourth-order valence-electron chi connectivity index (χ4n) is 2.46. The van der Waals surface area contributed by atoms with Crippen LogP contribution in [0.1, 0.15) is 37.8 Å². The Morgan fingerprint density at radius 3 is 2.53 bits per heavy atom. The van der Waals surface area contributed by atoms with Gasteiger partial charge in [-0.05, 0) is 24.8 Å². The fraction of sp³-hybridized carbons (Fsp3) is 0.533. The Hall–Kier alpha value is -1.31. The highest BCUT2D eigenvalue weighted by molar-refractivity contribution is 6.00. The molecule has 0 aromatic heterocycles. The second kappa shape index (κ2) is 5.85. The maximum absolute atomic E-state index is 4.75. The number of hydrogen-bond donors (Lipinski definition) is 0. The van der Waals surface area contributed by atoms with Crippen LogP contribution >= 0.6 is 0 Å². The lowest BCUT2D eigenvalue weighted by atomic mass is 10.0. The number of rotatable bonds is 4. The largest absolute Gasteiger partial charge is 0.356 e. The summed E-state index contributed by atoms with van der Waals surface area (Å²) in [5.41, 5.74) is 2.80. The summed E-state index contributed by atoms with van der Waals surface area (Å²) in [6.07, 6.45) is 3.45. The van der Waals surface area contributed by atoms with Gasteiger partial charge in [-0.3, -0.25) is 4.99 Å². The molecule has 0 spiro atoms. The SMILES string of the molecule is CCCN(CCC)C1=NCCc2ccccc21. The van der Waals surface area contributed by atoms with Crippen LogP contribution in [0.2, 0.25) is 0 Å². The van der Waals surface area contributed by atoms with Crippen molar-refractivity contribution < 1.29 is 0 Å². The summed E-state index contributed by atoms with van der Waals surface area (Å²) >= 11 is 0. The molecule has 2 heteroatoms. The minimum absolute atomic E-state index is 0.941. The van der Waals surface area contributed by atoms with Gasteiger partial charge in [-0.25, -0.2) is 0 Å². The molecule has 1 aliphatic rings. The van der Waals surface area contributed by atoms with Crippen LogP contribution in [0.3, 0.4) is 0 Å². The number of benzene rings is 1. The predicted molar refractivity (Wildman–Crippen MR) is 73.7 cm³/mol. The Morgan fingerprint density at radius 2 is 1.82 bits per heavy atom. The van der Waals surface area contributed by atoms with Crippen LogP contribution in [0.15, 0.2) is 29.3 Å². The van der Waals surface area contributed by atoms with Gasteiger partial charge in [0.05, 0.1) is 0 Å². The van der Waals surface area contributed by atoms with Gasteiger partial charge in [0, 0.05) is 25.2 Å². The normalized spacial score (nSPS) is 14.1. The van der Waals surface area contributed by atoms with Crippen molar-refractivity contribution in [3.63, 3.8) is 0 Å². The Bertz CT molecular complexity index is 390. The molecule has 0 fully saturated rings. The van der Waals surface area contributed by atoms with E-state index in [1.54, 1.807) is 0 Å². The molecule has 0 aliphatic carbocycles. The van der Waals surface area contributed by atoms with Crippen LogP contribution in [0, 0.1) is 0 Å². The third-order valence-corrected chi connectivity index (χ3v) is 3.19. The molecule has 2 rings (SSSR count). The molecule has 17 heavy (non-hydrogen) atoms. The Morgan fingerprint density at radius 1 is 1.12 bits per heavy atom. The molecule has 0 radical (unpaired) electrons. The maximum Gasteiger partial charge on any atom is 0.131 e. The highest BCUT2D eigenvalue weighted by Gasteiger charge is 2.18. The van der Waals surface area contributed by atoms with Gasteiger partial charge in [-0.1, -0.05) is 38.1 Å². The average molecular weight is 230 g/mol. The van der Waals surface area contributed by atoms with E-state index in [1.165, 1.54) is 29.8 Å². The molecule has 2 nitrogen and oxygen atoms in total. The molecule has 1 aromatic carbocycles. The van der Waals surface area contributed by atoms with Gasteiger partial charge in [-0.2, -0.15) is 0 Å². The zero-order valence-electron chi connectivity index (χ0n) is 10.9. The van der Waals surface area contributed by atoms with E-state index in [9.17, 15) is 0 Å². The molecule has 0 unspecified atom stereocenters. The van der Waals surface area contributed by atoms with Crippen molar-refractivity contribution in [1.82, 2.24) is 4.90 Å². The summed E-state index contributed by atoms with van der Waals surface area (Å²) in [7, 11) is 0. The third-order valence-electron chi connectivity index (χ3n) is 3.19. The van der Waals surface area contributed by atoms with Crippen LogP contribution in [0.4, 0.5) is 0 Å². The van der Waals surface area contributed by atoms with Crippen LogP contribution in [-0.2, 0) is 6.42 Å². The number of fused-ring (bicyclic) bond motifs is 1.